The average molecular weight is 340 g/mol. The molecule has 0 bridgehead atoms. The SMILES string of the molecule is Cc1cnc2c(S(=O)(=O)NC3CCS(=O)(=O)C3)cccc2c1. The molecule has 1 atom stereocenters. The summed E-state index contributed by atoms with van der Waals surface area (Å²) >= 11 is 0. The Morgan fingerprint density at radius 1 is 1.32 bits per heavy atom. The fourth-order valence-corrected chi connectivity index (χ4v) is 5.86. The number of rotatable bonds is 3. The van der Waals surface area contributed by atoms with Gasteiger partial charge in [0, 0.05) is 17.6 Å². The van der Waals surface area contributed by atoms with Gasteiger partial charge in [-0.3, -0.25) is 4.98 Å². The number of hydrogen-bond donors (Lipinski definition) is 1. The summed E-state index contributed by atoms with van der Waals surface area (Å²) in [6.45, 7) is 1.88. The monoisotopic (exact) mass is 340 g/mol. The zero-order valence-electron chi connectivity index (χ0n) is 12.0. The zero-order chi connectivity index (χ0) is 16.0. The molecular formula is C14H16N2O4S2. The summed E-state index contributed by atoms with van der Waals surface area (Å²) in [5, 5.41) is 0.738. The quantitative estimate of drug-likeness (QED) is 0.900. The second-order valence-corrected chi connectivity index (χ2v) is 9.47. The van der Waals surface area contributed by atoms with Gasteiger partial charge in [0.15, 0.2) is 9.84 Å². The third-order valence-electron chi connectivity index (χ3n) is 3.65. The number of aromatic nitrogens is 1. The van der Waals surface area contributed by atoms with Crippen LogP contribution in [0, 0.1) is 6.92 Å². The Hall–Kier alpha value is -1.51. The van der Waals surface area contributed by atoms with E-state index < -0.39 is 25.9 Å². The highest BCUT2D eigenvalue weighted by atomic mass is 32.2. The van der Waals surface area contributed by atoms with E-state index in [2.05, 4.69) is 9.71 Å². The van der Waals surface area contributed by atoms with Crippen LogP contribution in [0.15, 0.2) is 35.4 Å². The first-order valence-corrected chi connectivity index (χ1v) is 10.2. The van der Waals surface area contributed by atoms with Gasteiger partial charge in [-0.15, -0.1) is 0 Å². The highest BCUT2D eigenvalue weighted by Gasteiger charge is 2.32. The molecule has 1 unspecified atom stereocenters. The molecule has 118 valence electrons. The lowest BCUT2D eigenvalue weighted by molar-refractivity contribution is 0.563. The highest BCUT2D eigenvalue weighted by Crippen LogP contribution is 2.23. The summed E-state index contributed by atoms with van der Waals surface area (Å²) in [5.74, 6) is -0.128. The number of nitrogens with one attached hydrogen (secondary N) is 1. The first-order chi connectivity index (χ1) is 10.3. The van der Waals surface area contributed by atoms with Crippen molar-refractivity contribution in [3.05, 3.63) is 36.0 Å². The van der Waals surface area contributed by atoms with E-state index in [1.807, 2.05) is 13.0 Å². The van der Waals surface area contributed by atoms with Crippen LogP contribution in [0.2, 0.25) is 0 Å². The summed E-state index contributed by atoms with van der Waals surface area (Å²) in [6, 6.07) is 6.23. The molecule has 3 rings (SSSR count). The van der Waals surface area contributed by atoms with Crippen LogP contribution in [0.3, 0.4) is 0 Å². The number of pyridine rings is 1. The van der Waals surface area contributed by atoms with Gasteiger partial charge in [-0.25, -0.2) is 21.6 Å². The summed E-state index contributed by atoms with van der Waals surface area (Å²) < 4.78 is 50.5. The number of benzene rings is 1. The molecule has 0 spiro atoms. The molecule has 1 N–H and O–H groups in total. The minimum absolute atomic E-state index is 0.0210. The van der Waals surface area contributed by atoms with Crippen LogP contribution in [0.4, 0.5) is 0 Å². The van der Waals surface area contributed by atoms with Crippen LogP contribution < -0.4 is 4.72 Å². The summed E-state index contributed by atoms with van der Waals surface area (Å²) in [5.41, 5.74) is 1.33. The first kappa shape index (κ1) is 15.4. The number of para-hydroxylation sites is 1. The summed E-state index contributed by atoms with van der Waals surface area (Å²) in [7, 11) is -6.95. The molecule has 0 radical (unpaired) electrons. The van der Waals surface area contributed by atoms with Crippen LogP contribution in [0.25, 0.3) is 10.9 Å². The Bertz CT molecular complexity index is 936. The van der Waals surface area contributed by atoms with Crippen molar-refractivity contribution in [3.8, 4) is 0 Å². The van der Waals surface area contributed by atoms with Gasteiger partial charge in [0.1, 0.15) is 4.90 Å². The Morgan fingerprint density at radius 3 is 2.77 bits per heavy atom. The molecule has 22 heavy (non-hydrogen) atoms. The van der Waals surface area contributed by atoms with Crippen molar-refractivity contribution >= 4 is 30.8 Å². The third kappa shape index (κ3) is 2.99. The number of fused-ring (bicyclic) bond motifs is 1. The molecule has 0 amide bonds. The van der Waals surface area contributed by atoms with Crippen molar-refractivity contribution in [2.75, 3.05) is 11.5 Å². The van der Waals surface area contributed by atoms with Crippen LogP contribution in [0.1, 0.15) is 12.0 Å². The van der Waals surface area contributed by atoms with Crippen molar-refractivity contribution in [3.63, 3.8) is 0 Å². The van der Waals surface area contributed by atoms with Gasteiger partial charge in [-0.2, -0.15) is 0 Å². The molecule has 0 saturated carbocycles. The van der Waals surface area contributed by atoms with Crippen molar-refractivity contribution in [1.29, 1.82) is 0 Å². The van der Waals surface area contributed by atoms with Crippen LogP contribution in [-0.4, -0.2) is 39.4 Å². The normalized spacial score (nSPS) is 21.2. The predicted molar refractivity (Wildman–Crippen MR) is 83.9 cm³/mol. The van der Waals surface area contributed by atoms with Gasteiger partial charge in [0.25, 0.3) is 0 Å². The molecule has 1 fully saturated rings. The Labute approximate surface area is 129 Å². The second kappa shape index (κ2) is 5.29. The molecule has 1 aromatic heterocycles. The van der Waals surface area contributed by atoms with Gasteiger partial charge in [0.05, 0.1) is 17.0 Å². The largest absolute Gasteiger partial charge is 0.255 e. The average Bonchev–Trinajstić information content (AvgIpc) is 2.76. The predicted octanol–water partition coefficient (Wildman–Crippen LogP) is 1.01. The minimum Gasteiger partial charge on any atom is -0.255 e. The molecule has 1 aromatic carbocycles. The maximum absolute atomic E-state index is 12.6. The van der Waals surface area contributed by atoms with Gasteiger partial charge in [0.2, 0.25) is 10.0 Å². The first-order valence-electron chi connectivity index (χ1n) is 6.85. The van der Waals surface area contributed by atoms with E-state index in [1.54, 1.807) is 18.3 Å². The van der Waals surface area contributed by atoms with Gasteiger partial charge >= 0.3 is 0 Å². The lowest BCUT2D eigenvalue weighted by Crippen LogP contribution is -2.35. The van der Waals surface area contributed by atoms with Crippen LogP contribution in [0.5, 0.6) is 0 Å². The number of sulfone groups is 1. The van der Waals surface area contributed by atoms with E-state index in [0.717, 1.165) is 10.9 Å². The van der Waals surface area contributed by atoms with E-state index in [0.29, 0.717) is 11.9 Å². The van der Waals surface area contributed by atoms with Crippen LogP contribution >= 0.6 is 0 Å². The van der Waals surface area contributed by atoms with E-state index >= 15 is 0 Å². The fraction of sp³-hybridized carbons (Fsp3) is 0.357. The Morgan fingerprint density at radius 2 is 2.09 bits per heavy atom. The lowest BCUT2D eigenvalue weighted by atomic mass is 10.2. The molecule has 1 aliphatic heterocycles. The maximum Gasteiger partial charge on any atom is 0.243 e. The van der Waals surface area contributed by atoms with E-state index in [4.69, 9.17) is 0 Å². The summed E-state index contributed by atoms with van der Waals surface area (Å²) in [6.07, 6.45) is 1.92. The fourth-order valence-electron chi connectivity index (χ4n) is 2.63. The Balaban J connectivity index is 1.99. The molecule has 1 aliphatic rings. The van der Waals surface area contributed by atoms with E-state index in [-0.39, 0.29) is 16.4 Å². The number of nitrogens with zero attached hydrogens (tertiary/aromatic N) is 1. The van der Waals surface area contributed by atoms with Crippen molar-refractivity contribution in [1.82, 2.24) is 9.71 Å². The Kier molecular flexibility index (Phi) is 3.70. The topological polar surface area (TPSA) is 93.2 Å². The summed E-state index contributed by atoms with van der Waals surface area (Å²) in [4.78, 5) is 4.29. The lowest BCUT2D eigenvalue weighted by Gasteiger charge is -2.13. The zero-order valence-corrected chi connectivity index (χ0v) is 13.6. The van der Waals surface area contributed by atoms with E-state index in [9.17, 15) is 16.8 Å². The molecular weight excluding hydrogens is 324 g/mol. The number of hydrogen-bond acceptors (Lipinski definition) is 5. The number of aryl methyl sites for hydroxylation is 1. The second-order valence-electron chi connectivity index (χ2n) is 5.56. The van der Waals surface area contributed by atoms with E-state index in [1.165, 1.54) is 6.07 Å². The molecule has 2 aromatic rings. The molecule has 2 heterocycles. The van der Waals surface area contributed by atoms with Crippen molar-refractivity contribution in [2.24, 2.45) is 0 Å². The van der Waals surface area contributed by atoms with Crippen molar-refractivity contribution in [2.45, 2.75) is 24.3 Å². The van der Waals surface area contributed by atoms with Crippen molar-refractivity contribution < 1.29 is 16.8 Å². The molecule has 6 nitrogen and oxygen atoms in total. The number of sulfonamides is 1. The third-order valence-corrected chi connectivity index (χ3v) is 6.97. The molecule has 1 saturated heterocycles. The van der Waals surface area contributed by atoms with Crippen LogP contribution in [-0.2, 0) is 19.9 Å². The van der Waals surface area contributed by atoms with Gasteiger partial charge in [-0.05, 0) is 31.0 Å². The highest BCUT2D eigenvalue weighted by molar-refractivity contribution is 7.92. The molecule has 0 aliphatic carbocycles. The maximum atomic E-state index is 12.6. The van der Waals surface area contributed by atoms with Gasteiger partial charge in [-0.1, -0.05) is 12.1 Å². The van der Waals surface area contributed by atoms with Gasteiger partial charge < -0.3 is 0 Å². The smallest absolute Gasteiger partial charge is 0.243 e. The standard InChI is InChI=1S/C14H16N2O4S2/c1-10-7-11-3-2-4-13(14(11)15-8-10)22(19,20)16-12-5-6-21(17,18)9-12/h2-4,7-8,12,16H,5-6,9H2,1H3. The molecule has 8 heteroatoms. The minimum atomic E-state index is -3.81.